The average Bonchev–Trinajstić information content (AvgIpc) is 3.27. The van der Waals surface area contributed by atoms with Gasteiger partial charge in [-0.25, -0.2) is 0 Å². The van der Waals surface area contributed by atoms with Gasteiger partial charge < -0.3 is 4.42 Å². The number of carbonyl (C=O) groups is 1. The number of thiocarbonyl (C=S) groups is 1. The van der Waals surface area contributed by atoms with Crippen molar-refractivity contribution in [2.24, 2.45) is 0 Å². The van der Waals surface area contributed by atoms with Crippen LogP contribution in [0, 0.1) is 10.1 Å². The topological polar surface area (TPSA) is 76.6 Å². The van der Waals surface area contributed by atoms with E-state index in [0.717, 1.165) is 25.7 Å². The zero-order valence-corrected chi connectivity index (χ0v) is 17.7. The smallest absolute Gasteiger partial charge is 0.270 e. The first kappa shape index (κ1) is 20.1. The maximum Gasteiger partial charge on any atom is 0.270 e. The van der Waals surface area contributed by atoms with Crippen molar-refractivity contribution in [1.82, 2.24) is 4.90 Å². The Balaban J connectivity index is 1.58. The molecule has 2 aliphatic rings. The second kappa shape index (κ2) is 8.30. The summed E-state index contributed by atoms with van der Waals surface area (Å²) < 4.78 is 6.39. The molecule has 0 N–H and O–H groups in total. The average molecular weight is 449 g/mol. The molecule has 0 unspecified atom stereocenters. The third-order valence-corrected chi connectivity index (χ3v) is 6.75. The number of hydrogen-bond acceptors (Lipinski definition) is 6. The van der Waals surface area contributed by atoms with Gasteiger partial charge in [-0.15, -0.1) is 0 Å². The quantitative estimate of drug-likeness (QED) is 0.245. The third kappa shape index (κ3) is 4.10. The molecule has 1 aromatic heterocycles. The number of nitro groups is 1. The molecule has 1 saturated heterocycles. The van der Waals surface area contributed by atoms with E-state index in [-0.39, 0.29) is 17.6 Å². The lowest BCUT2D eigenvalue weighted by atomic mass is 9.94. The molecule has 4 rings (SSSR count). The molecule has 1 aromatic carbocycles. The Hall–Kier alpha value is -2.16. The van der Waals surface area contributed by atoms with Crippen LogP contribution in [-0.2, 0) is 4.79 Å². The largest absolute Gasteiger partial charge is 0.457 e. The summed E-state index contributed by atoms with van der Waals surface area (Å²) in [6.45, 7) is 0. The number of amides is 1. The lowest BCUT2D eigenvalue weighted by Crippen LogP contribution is -2.39. The van der Waals surface area contributed by atoms with Gasteiger partial charge in [0.1, 0.15) is 15.8 Å². The standard InChI is InChI=1S/C20H17ClN2O4S2/c21-16-8-6-13(23(25)26)10-15(16)17-9-7-14(27-17)11-18-19(24)22(20(28)29-18)12-4-2-1-3-5-12/h6-12H,1-5H2/b18-11+. The molecule has 2 aromatic rings. The first-order valence-electron chi connectivity index (χ1n) is 9.25. The van der Waals surface area contributed by atoms with E-state index < -0.39 is 4.92 Å². The van der Waals surface area contributed by atoms with Gasteiger partial charge in [0, 0.05) is 29.8 Å². The van der Waals surface area contributed by atoms with Crippen molar-refractivity contribution in [3.8, 4) is 11.3 Å². The van der Waals surface area contributed by atoms with Crippen molar-refractivity contribution in [3.05, 3.63) is 56.1 Å². The molecule has 1 saturated carbocycles. The number of halogens is 1. The number of hydrogen-bond donors (Lipinski definition) is 0. The number of nitro benzene ring substituents is 1. The molecule has 6 nitrogen and oxygen atoms in total. The number of rotatable bonds is 4. The van der Waals surface area contributed by atoms with Crippen LogP contribution in [0.4, 0.5) is 5.69 Å². The number of thioether (sulfide) groups is 1. The van der Waals surface area contributed by atoms with E-state index in [9.17, 15) is 14.9 Å². The minimum absolute atomic E-state index is 0.0734. The predicted molar refractivity (Wildman–Crippen MR) is 118 cm³/mol. The van der Waals surface area contributed by atoms with Gasteiger partial charge in [-0.1, -0.05) is 54.8 Å². The van der Waals surface area contributed by atoms with E-state index in [2.05, 4.69) is 0 Å². The van der Waals surface area contributed by atoms with Crippen LogP contribution in [0.15, 0.2) is 39.7 Å². The Morgan fingerprint density at radius 3 is 2.72 bits per heavy atom. The van der Waals surface area contributed by atoms with Crippen molar-refractivity contribution >= 4 is 57.6 Å². The first-order valence-corrected chi connectivity index (χ1v) is 10.9. The molecule has 150 valence electrons. The molecule has 1 amide bonds. The van der Waals surface area contributed by atoms with Gasteiger partial charge in [0.2, 0.25) is 0 Å². The number of carbonyl (C=O) groups excluding carboxylic acids is 1. The van der Waals surface area contributed by atoms with E-state index in [0.29, 0.717) is 31.3 Å². The van der Waals surface area contributed by atoms with Crippen LogP contribution >= 0.6 is 35.6 Å². The highest BCUT2D eigenvalue weighted by Crippen LogP contribution is 2.38. The van der Waals surface area contributed by atoms with Crippen LogP contribution < -0.4 is 0 Å². The summed E-state index contributed by atoms with van der Waals surface area (Å²) in [5, 5.41) is 11.4. The Morgan fingerprint density at radius 2 is 2.00 bits per heavy atom. The van der Waals surface area contributed by atoms with Crippen LogP contribution in [0.3, 0.4) is 0 Å². The molecule has 29 heavy (non-hydrogen) atoms. The Labute approximate surface area is 182 Å². The van der Waals surface area contributed by atoms with E-state index >= 15 is 0 Å². The molecule has 0 spiro atoms. The number of non-ortho nitro benzene ring substituents is 1. The summed E-state index contributed by atoms with van der Waals surface area (Å²) >= 11 is 12.9. The first-order chi connectivity index (χ1) is 13.9. The molecule has 9 heteroatoms. The maximum atomic E-state index is 12.9. The van der Waals surface area contributed by atoms with Gasteiger partial charge in [0.15, 0.2) is 0 Å². The molecule has 0 bridgehead atoms. The van der Waals surface area contributed by atoms with E-state index in [1.807, 2.05) is 0 Å². The Bertz CT molecular complexity index is 1030. The van der Waals surface area contributed by atoms with E-state index in [1.54, 1.807) is 23.1 Å². The SMILES string of the molecule is O=C1/C(=C\c2ccc(-c3cc([N+](=O)[O-])ccc3Cl)o2)SC(=S)N1C1CCCCC1. The van der Waals surface area contributed by atoms with Gasteiger partial charge in [-0.2, -0.15) is 0 Å². The lowest BCUT2D eigenvalue weighted by molar-refractivity contribution is -0.384. The number of furan rings is 1. The molecule has 1 aliphatic carbocycles. The summed E-state index contributed by atoms with van der Waals surface area (Å²) in [6, 6.07) is 7.74. The van der Waals surface area contributed by atoms with Crippen LogP contribution in [-0.4, -0.2) is 26.1 Å². The highest BCUT2D eigenvalue weighted by molar-refractivity contribution is 8.26. The Morgan fingerprint density at radius 1 is 1.24 bits per heavy atom. The van der Waals surface area contributed by atoms with E-state index in [4.69, 9.17) is 28.2 Å². The normalized spacial score (nSPS) is 19.3. The molecule has 2 fully saturated rings. The highest BCUT2D eigenvalue weighted by Gasteiger charge is 2.37. The van der Waals surface area contributed by atoms with Crippen molar-refractivity contribution in [2.45, 2.75) is 38.1 Å². The van der Waals surface area contributed by atoms with Crippen molar-refractivity contribution in [3.63, 3.8) is 0 Å². The van der Waals surface area contributed by atoms with Gasteiger partial charge >= 0.3 is 0 Å². The van der Waals surface area contributed by atoms with Gasteiger partial charge in [-0.3, -0.25) is 19.8 Å². The fourth-order valence-corrected chi connectivity index (χ4v) is 5.25. The fraction of sp³-hybridized carbons (Fsp3) is 0.300. The summed E-state index contributed by atoms with van der Waals surface area (Å²) in [5.41, 5.74) is 0.353. The fourth-order valence-electron chi connectivity index (χ4n) is 3.65. The molecular weight excluding hydrogens is 432 g/mol. The molecular formula is C20H17ClN2O4S2. The highest BCUT2D eigenvalue weighted by atomic mass is 35.5. The van der Waals surface area contributed by atoms with Crippen LogP contribution in [0.1, 0.15) is 37.9 Å². The van der Waals surface area contributed by atoms with Crippen molar-refractivity contribution in [2.75, 3.05) is 0 Å². The minimum atomic E-state index is -0.486. The Kier molecular flexibility index (Phi) is 5.76. The summed E-state index contributed by atoms with van der Waals surface area (Å²) in [7, 11) is 0. The second-order valence-corrected chi connectivity index (χ2v) is 9.05. The minimum Gasteiger partial charge on any atom is -0.457 e. The van der Waals surface area contributed by atoms with Crippen molar-refractivity contribution < 1.29 is 14.1 Å². The van der Waals surface area contributed by atoms with E-state index in [1.165, 1.54) is 36.4 Å². The zero-order valence-electron chi connectivity index (χ0n) is 15.3. The van der Waals surface area contributed by atoms with Gasteiger partial charge in [-0.05, 0) is 31.0 Å². The lowest BCUT2D eigenvalue weighted by Gasteiger charge is -2.29. The maximum absolute atomic E-state index is 12.9. The molecule has 1 aliphatic heterocycles. The second-order valence-electron chi connectivity index (χ2n) is 6.97. The van der Waals surface area contributed by atoms with Crippen LogP contribution in [0.2, 0.25) is 5.02 Å². The molecule has 0 radical (unpaired) electrons. The predicted octanol–water partition coefficient (Wildman–Crippen LogP) is 6.04. The summed E-state index contributed by atoms with van der Waals surface area (Å²) in [4.78, 5) is 25.7. The van der Waals surface area contributed by atoms with Crippen LogP contribution in [0.25, 0.3) is 17.4 Å². The number of nitrogens with zero attached hydrogens (tertiary/aromatic N) is 2. The molecule has 2 heterocycles. The van der Waals surface area contributed by atoms with Crippen LogP contribution in [0.5, 0.6) is 0 Å². The summed E-state index contributed by atoms with van der Waals surface area (Å²) in [5.74, 6) is 0.776. The number of benzene rings is 1. The van der Waals surface area contributed by atoms with Gasteiger partial charge in [0.25, 0.3) is 11.6 Å². The monoisotopic (exact) mass is 448 g/mol. The third-order valence-electron chi connectivity index (χ3n) is 5.09. The summed E-state index contributed by atoms with van der Waals surface area (Å²) in [6.07, 6.45) is 7.07. The van der Waals surface area contributed by atoms with Crippen molar-refractivity contribution in [1.29, 1.82) is 0 Å². The molecule has 0 atom stereocenters. The zero-order chi connectivity index (χ0) is 20.5. The van der Waals surface area contributed by atoms with Gasteiger partial charge in [0.05, 0.1) is 14.9 Å².